The fraction of sp³-hybridized carbons (Fsp3) is 0.736. The summed E-state index contributed by atoms with van der Waals surface area (Å²) in [5.41, 5.74) is 0.741. The predicted octanol–water partition coefficient (Wildman–Crippen LogP) is 4.02. The largest absolute Gasteiger partial charge is 0.460 e. The third kappa shape index (κ3) is 19.6. The highest BCUT2D eigenvalue weighted by atomic mass is 32.2. The van der Waals surface area contributed by atoms with Crippen molar-refractivity contribution in [3.8, 4) is 0 Å². The molecule has 0 bridgehead atoms. The maximum atomic E-state index is 14.6. The number of sulfonamides is 1. The summed E-state index contributed by atoms with van der Waals surface area (Å²) in [4.78, 5) is 87.7. The molecule has 0 spiro atoms. The number of benzene rings is 1. The number of rotatable bonds is 32. The molecule has 1 heterocycles. The second kappa shape index (κ2) is 29.6. The first-order chi connectivity index (χ1) is 34.3. The summed E-state index contributed by atoms with van der Waals surface area (Å²) in [6.07, 6.45) is 1.32. The molecule has 1 aromatic carbocycles. The Bertz CT molecular complexity index is 2080. The molecule has 2 aliphatic rings. The van der Waals surface area contributed by atoms with Crippen molar-refractivity contribution in [2.75, 3.05) is 67.8 Å². The summed E-state index contributed by atoms with van der Waals surface area (Å²) in [6, 6.07) is 4.98. The number of amides is 5. The average molecular weight is 1050 g/mol. The molecular formula is C53H88N6O13S. The number of likely N-dealkylation sites (N-methyl/N-ethyl adjacent to an activating group) is 2. The van der Waals surface area contributed by atoms with Crippen LogP contribution in [0.3, 0.4) is 0 Å². The minimum absolute atomic E-state index is 0.0521. The highest BCUT2D eigenvalue weighted by Gasteiger charge is 2.44. The molecule has 2 fully saturated rings. The predicted molar refractivity (Wildman–Crippen MR) is 278 cm³/mol. The van der Waals surface area contributed by atoms with E-state index in [9.17, 15) is 37.2 Å². The lowest BCUT2D eigenvalue weighted by Crippen LogP contribution is -2.59. The van der Waals surface area contributed by atoms with Gasteiger partial charge in [0.2, 0.25) is 33.7 Å². The van der Waals surface area contributed by atoms with Gasteiger partial charge in [-0.2, -0.15) is 0 Å². The van der Waals surface area contributed by atoms with Crippen LogP contribution in [-0.2, 0) is 68.9 Å². The van der Waals surface area contributed by atoms with Gasteiger partial charge in [0.15, 0.2) is 0 Å². The van der Waals surface area contributed by atoms with Crippen LogP contribution in [0.4, 0.5) is 0 Å². The normalized spacial score (nSPS) is 18.5. The number of hydrogen-bond acceptors (Lipinski definition) is 14. The van der Waals surface area contributed by atoms with E-state index in [4.69, 9.17) is 23.7 Å². The SMILES string of the molecule is C=C(C)[C@@H](C(=O)N[C@H](C(=O)N(C)[C@@H]([C@@H](C)CC)[C@@H](CC(=O)N1CCC[C@H]1[C@H](OC)[C@@H](C)C(=O)N[C@@H](Cc1ccccc1)C(=O)NS(=O)(=O)C1CC1)OC)C(C)C)N(C)CCOCCOCCC(=O)OC(C)(C)C. The number of likely N-dealkylation sites (tertiary alicyclic amines) is 1. The third-order valence-electron chi connectivity index (χ3n) is 13.6. The second-order valence-corrected chi connectivity index (χ2v) is 23.0. The van der Waals surface area contributed by atoms with Gasteiger partial charge in [0, 0.05) is 40.8 Å². The molecule has 0 unspecified atom stereocenters. The maximum Gasteiger partial charge on any atom is 0.308 e. The van der Waals surface area contributed by atoms with Gasteiger partial charge in [-0.3, -0.25) is 38.4 Å². The molecule has 1 aromatic rings. The van der Waals surface area contributed by atoms with Crippen LogP contribution in [0.5, 0.6) is 0 Å². The van der Waals surface area contributed by atoms with E-state index in [2.05, 4.69) is 21.9 Å². The van der Waals surface area contributed by atoms with Gasteiger partial charge < -0.3 is 44.1 Å². The Morgan fingerprint density at radius 2 is 1.49 bits per heavy atom. The quantitative estimate of drug-likeness (QED) is 0.0527. The van der Waals surface area contributed by atoms with Crippen LogP contribution in [-0.4, -0.2) is 180 Å². The Labute approximate surface area is 435 Å². The van der Waals surface area contributed by atoms with Crippen molar-refractivity contribution >= 4 is 45.5 Å². The van der Waals surface area contributed by atoms with Gasteiger partial charge in [-0.25, -0.2) is 8.42 Å². The molecule has 73 heavy (non-hydrogen) atoms. The van der Waals surface area contributed by atoms with E-state index in [1.54, 1.807) is 66.9 Å². The van der Waals surface area contributed by atoms with Crippen LogP contribution >= 0.6 is 0 Å². The first kappa shape index (κ1) is 62.8. The molecule has 1 saturated heterocycles. The van der Waals surface area contributed by atoms with E-state index in [0.29, 0.717) is 50.8 Å². The first-order valence-corrected chi connectivity index (χ1v) is 27.4. The molecule has 1 aliphatic heterocycles. The molecule has 3 rings (SSSR count). The van der Waals surface area contributed by atoms with Crippen LogP contribution in [0.2, 0.25) is 0 Å². The first-order valence-electron chi connectivity index (χ1n) is 25.8. The lowest BCUT2D eigenvalue weighted by Gasteiger charge is -2.41. The number of nitrogens with zero attached hydrogens (tertiary/aromatic N) is 3. The fourth-order valence-corrected chi connectivity index (χ4v) is 10.7. The van der Waals surface area contributed by atoms with Gasteiger partial charge >= 0.3 is 5.97 Å². The van der Waals surface area contributed by atoms with E-state index in [1.165, 1.54) is 14.2 Å². The Morgan fingerprint density at radius 1 is 0.863 bits per heavy atom. The molecule has 5 amide bonds. The molecule has 1 saturated carbocycles. The number of esters is 1. The standard InChI is InChI=1S/C53H88N6O13S/c1-15-36(6)47(58(12)52(65)45(34(2)3)55-51(64)46(35(4)5)57(11)27-29-71-31-30-70-28-25-44(61)72-53(8,9)10)42(68-13)33-43(60)59-26-19-22-41(59)48(69-14)37(7)49(62)54-40(32-38-20-17-16-18-21-38)50(63)56-73(66,67)39-23-24-39/h16-18,20-21,34,36-37,39-42,45-48H,4,15,19,22-33H2,1-3,5-14H3,(H,54,62)(H,55,64)(H,56,63)/t36-,37+,40-,41-,42+,45-,46-,47-,48+/m0/s1. The van der Waals surface area contributed by atoms with E-state index < -0.39 is 86.9 Å². The highest BCUT2D eigenvalue weighted by Crippen LogP contribution is 2.31. The monoisotopic (exact) mass is 1050 g/mol. The summed E-state index contributed by atoms with van der Waals surface area (Å²) in [5.74, 6) is -4.00. The van der Waals surface area contributed by atoms with Crippen LogP contribution in [0, 0.1) is 17.8 Å². The van der Waals surface area contributed by atoms with Crippen molar-refractivity contribution in [3.05, 3.63) is 48.0 Å². The lowest BCUT2D eigenvalue weighted by molar-refractivity contribution is -0.156. The van der Waals surface area contributed by atoms with Crippen LogP contribution < -0.4 is 15.4 Å². The summed E-state index contributed by atoms with van der Waals surface area (Å²) in [7, 11) is 2.54. The minimum Gasteiger partial charge on any atom is -0.460 e. The van der Waals surface area contributed by atoms with Gasteiger partial charge in [0.05, 0.1) is 74.7 Å². The molecule has 414 valence electrons. The molecule has 20 heteroatoms. The van der Waals surface area contributed by atoms with E-state index in [1.807, 2.05) is 54.5 Å². The lowest BCUT2D eigenvalue weighted by atomic mass is 9.89. The molecule has 1 aliphatic carbocycles. The van der Waals surface area contributed by atoms with Crippen molar-refractivity contribution in [1.82, 2.24) is 30.1 Å². The van der Waals surface area contributed by atoms with Gasteiger partial charge in [-0.1, -0.05) is 83.5 Å². The minimum atomic E-state index is -3.89. The van der Waals surface area contributed by atoms with Gasteiger partial charge in [0.1, 0.15) is 23.7 Å². The second-order valence-electron chi connectivity index (χ2n) is 21.1. The molecule has 19 nitrogen and oxygen atoms in total. The molecule has 9 atom stereocenters. The van der Waals surface area contributed by atoms with Crippen molar-refractivity contribution in [3.63, 3.8) is 0 Å². The van der Waals surface area contributed by atoms with Gasteiger partial charge in [0.25, 0.3) is 5.91 Å². The third-order valence-corrected chi connectivity index (χ3v) is 15.4. The van der Waals surface area contributed by atoms with Gasteiger partial charge in [-0.15, -0.1) is 0 Å². The summed E-state index contributed by atoms with van der Waals surface area (Å²) < 4.78 is 56.3. The zero-order valence-electron chi connectivity index (χ0n) is 45.9. The number of ether oxygens (including phenoxy) is 5. The van der Waals surface area contributed by atoms with Crippen molar-refractivity contribution in [1.29, 1.82) is 0 Å². The van der Waals surface area contributed by atoms with Crippen molar-refractivity contribution in [2.24, 2.45) is 17.8 Å². The summed E-state index contributed by atoms with van der Waals surface area (Å²) in [5, 5.41) is 5.17. The summed E-state index contributed by atoms with van der Waals surface area (Å²) >= 11 is 0. The highest BCUT2D eigenvalue weighted by molar-refractivity contribution is 7.90. The molecular weight excluding hydrogens is 961 g/mol. The van der Waals surface area contributed by atoms with Crippen molar-refractivity contribution in [2.45, 2.75) is 167 Å². The van der Waals surface area contributed by atoms with E-state index in [0.717, 1.165) is 5.56 Å². The maximum absolute atomic E-state index is 14.6. The number of nitrogens with one attached hydrogen (secondary N) is 3. The van der Waals surface area contributed by atoms with Crippen LogP contribution in [0.15, 0.2) is 42.5 Å². The van der Waals surface area contributed by atoms with Crippen molar-refractivity contribution < 1.29 is 60.9 Å². The zero-order valence-corrected chi connectivity index (χ0v) is 46.7. The topological polar surface area (TPSA) is 229 Å². The smallest absolute Gasteiger partial charge is 0.308 e. The molecule has 0 aromatic heterocycles. The summed E-state index contributed by atoms with van der Waals surface area (Å²) in [6.45, 7) is 22.4. The Morgan fingerprint density at radius 3 is 2.04 bits per heavy atom. The van der Waals surface area contributed by atoms with E-state index in [-0.39, 0.29) is 75.3 Å². The molecule has 0 radical (unpaired) electrons. The number of carbonyl (C=O) groups excluding carboxylic acids is 6. The fourth-order valence-electron chi connectivity index (χ4n) is 9.31. The Hall–Kier alpha value is -4.47. The van der Waals surface area contributed by atoms with Crippen LogP contribution in [0.25, 0.3) is 0 Å². The number of methoxy groups -OCH3 is 2. The van der Waals surface area contributed by atoms with Gasteiger partial charge in [-0.05, 0) is 77.8 Å². The van der Waals surface area contributed by atoms with E-state index >= 15 is 0 Å². The average Bonchev–Trinajstić information content (AvgIpc) is 4.08. The number of carbonyl (C=O) groups is 6. The Kier molecular flexibility index (Phi) is 25.5. The van der Waals surface area contributed by atoms with Crippen LogP contribution in [0.1, 0.15) is 113 Å². The Balaban J connectivity index is 1.69. The molecule has 3 N–H and O–H groups in total. The number of hydrogen-bond donors (Lipinski definition) is 3. The zero-order chi connectivity index (χ0) is 54.8.